The number of ether oxygens (including phenoxy) is 2. The molecule has 5 nitrogen and oxygen atoms in total. The maximum atomic E-state index is 12.9. The Kier molecular flexibility index (Phi) is 7.94. The van der Waals surface area contributed by atoms with Crippen LogP contribution >= 0.6 is 0 Å². The minimum absolute atomic E-state index is 0.137. The van der Waals surface area contributed by atoms with Gasteiger partial charge in [-0.05, 0) is 68.1 Å². The van der Waals surface area contributed by atoms with Crippen molar-refractivity contribution in [3.8, 4) is 22.8 Å². The summed E-state index contributed by atoms with van der Waals surface area (Å²) in [6.45, 7) is 4.03. The van der Waals surface area contributed by atoms with Gasteiger partial charge in [0.2, 0.25) is 0 Å². The molecular weight excluding hydrogens is 424 g/mol. The highest BCUT2D eigenvalue weighted by Gasteiger charge is 2.20. The molecule has 0 saturated heterocycles. The molecule has 2 aromatic carbocycles. The summed E-state index contributed by atoms with van der Waals surface area (Å²) in [6, 6.07) is 15.7. The summed E-state index contributed by atoms with van der Waals surface area (Å²) in [6.07, 6.45) is 8.53. The van der Waals surface area contributed by atoms with Crippen molar-refractivity contribution in [2.45, 2.75) is 64.9 Å². The molecule has 3 aromatic rings. The van der Waals surface area contributed by atoms with Crippen molar-refractivity contribution in [3.05, 3.63) is 71.7 Å². The fraction of sp³-hybridized carbons (Fsp3) is 0.414. The lowest BCUT2D eigenvalue weighted by atomic mass is 9.97. The van der Waals surface area contributed by atoms with Gasteiger partial charge in [-0.15, -0.1) is 0 Å². The van der Waals surface area contributed by atoms with Crippen LogP contribution in [0, 0.1) is 5.92 Å². The second-order valence-electron chi connectivity index (χ2n) is 9.43. The molecule has 4 rings (SSSR count). The molecule has 0 amide bonds. The molecule has 34 heavy (non-hydrogen) atoms. The van der Waals surface area contributed by atoms with Crippen LogP contribution in [0.4, 0.5) is 0 Å². The first-order valence-corrected chi connectivity index (χ1v) is 12.3. The largest absolute Gasteiger partial charge is 0.497 e. The zero-order valence-corrected chi connectivity index (χ0v) is 20.4. The monoisotopic (exact) mass is 458 g/mol. The maximum Gasteiger partial charge on any atom is 0.143 e. The minimum atomic E-state index is 0.137. The Hall–Kier alpha value is -3.21. The Balaban J connectivity index is 1.52. The maximum absolute atomic E-state index is 12.9. The molecular formula is C29H34N2O3. The van der Waals surface area contributed by atoms with Gasteiger partial charge in [0.05, 0.1) is 42.9 Å². The van der Waals surface area contributed by atoms with Gasteiger partial charge in [0, 0.05) is 12.0 Å². The van der Waals surface area contributed by atoms with Crippen molar-refractivity contribution < 1.29 is 14.3 Å². The highest BCUT2D eigenvalue weighted by atomic mass is 16.5. The summed E-state index contributed by atoms with van der Waals surface area (Å²) in [5, 5.41) is 0. The van der Waals surface area contributed by atoms with E-state index >= 15 is 0 Å². The van der Waals surface area contributed by atoms with E-state index in [4.69, 9.17) is 19.4 Å². The van der Waals surface area contributed by atoms with Gasteiger partial charge in [-0.1, -0.05) is 37.8 Å². The lowest BCUT2D eigenvalue weighted by Crippen LogP contribution is -2.13. The van der Waals surface area contributed by atoms with Gasteiger partial charge in [-0.3, -0.25) is 9.78 Å². The number of Topliss-reactive ketones (excluding diaryl/α,β-unsaturated/α-hetero) is 1. The first-order valence-electron chi connectivity index (χ1n) is 12.3. The number of nitrogens with zero attached hydrogens (tertiary/aromatic N) is 2. The minimum Gasteiger partial charge on any atom is -0.497 e. The zero-order valence-electron chi connectivity index (χ0n) is 20.4. The first-order chi connectivity index (χ1) is 16.5. The van der Waals surface area contributed by atoms with E-state index in [-0.39, 0.29) is 11.9 Å². The highest BCUT2D eigenvalue weighted by Crippen LogP contribution is 2.29. The summed E-state index contributed by atoms with van der Waals surface area (Å²) in [4.78, 5) is 22.6. The summed E-state index contributed by atoms with van der Waals surface area (Å²) in [5.74, 6) is 2.41. The van der Waals surface area contributed by atoms with Gasteiger partial charge in [0.25, 0.3) is 0 Å². The van der Waals surface area contributed by atoms with Gasteiger partial charge >= 0.3 is 0 Å². The number of carbonyl (C=O) groups excluding carboxylic acids is 1. The standard InChI is InChI=1S/C29H34N2O3/c1-20(2)34-26-14-10-23(11-15-26)29-19-30-27(28(31-29)17-21-6-4-5-7-21)18-24(32)16-22-8-12-25(33-3)13-9-22/h8-15,19-21H,4-7,16-18H2,1-3H3. The molecule has 0 atom stereocenters. The number of aromatic nitrogens is 2. The predicted molar refractivity (Wildman–Crippen MR) is 134 cm³/mol. The Labute approximate surface area is 202 Å². The molecule has 0 unspecified atom stereocenters. The van der Waals surface area contributed by atoms with E-state index < -0.39 is 0 Å². The highest BCUT2D eigenvalue weighted by molar-refractivity contribution is 5.83. The average Bonchev–Trinajstić information content (AvgIpc) is 3.34. The van der Waals surface area contributed by atoms with Crippen LogP contribution in [0.5, 0.6) is 11.5 Å². The molecule has 0 aliphatic heterocycles. The third-order valence-corrected chi connectivity index (χ3v) is 6.33. The second kappa shape index (κ2) is 11.3. The summed E-state index contributed by atoms with van der Waals surface area (Å²) >= 11 is 0. The molecule has 1 fully saturated rings. The number of carbonyl (C=O) groups is 1. The van der Waals surface area contributed by atoms with Crippen LogP contribution in [0.1, 0.15) is 56.5 Å². The number of hydrogen-bond acceptors (Lipinski definition) is 5. The van der Waals surface area contributed by atoms with Crippen molar-refractivity contribution in [2.75, 3.05) is 7.11 Å². The zero-order chi connectivity index (χ0) is 23.9. The van der Waals surface area contributed by atoms with Crippen LogP contribution in [-0.4, -0.2) is 29.0 Å². The fourth-order valence-electron chi connectivity index (χ4n) is 4.59. The Bertz CT molecular complexity index is 1090. The number of methoxy groups -OCH3 is 1. The molecule has 178 valence electrons. The van der Waals surface area contributed by atoms with E-state index in [0.29, 0.717) is 18.8 Å². The average molecular weight is 459 g/mol. The Morgan fingerprint density at radius 1 is 0.941 bits per heavy atom. The molecule has 0 N–H and O–H groups in total. The molecule has 1 aromatic heterocycles. The molecule has 0 bridgehead atoms. The normalized spacial score (nSPS) is 13.9. The summed E-state index contributed by atoms with van der Waals surface area (Å²) in [7, 11) is 1.64. The topological polar surface area (TPSA) is 61.3 Å². The lowest BCUT2D eigenvalue weighted by Gasteiger charge is -2.14. The smallest absolute Gasteiger partial charge is 0.143 e. The van der Waals surface area contributed by atoms with Crippen LogP contribution in [0.2, 0.25) is 0 Å². The van der Waals surface area contributed by atoms with Gasteiger partial charge < -0.3 is 9.47 Å². The molecule has 5 heteroatoms. The number of hydrogen-bond donors (Lipinski definition) is 0. The SMILES string of the molecule is COc1ccc(CC(=O)Cc2ncc(-c3ccc(OC(C)C)cc3)nc2CC2CCCC2)cc1. The third kappa shape index (κ3) is 6.43. The molecule has 1 heterocycles. The molecule has 1 saturated carbocycles. The van der Waals surface area contributed by atoms with E-state index in [9.17, 15) is 4.79 Å². The van der Waals surface area contributed by atoms with E-state index in [2.05, 4.69) is 0 Å². The molecule has 0 spiro atoms. The van der Waals surface area contributed by atoms with Crippen molar-refractivity contribution in [1.29, 1.82) is 0 Å². The van der Waals surface area contributed by atoms with E-state index in [1.165, 1.54) is 25.7 Å². The van der Waals surface area contributed by atoms with Crippen molar-refractivity contribution >= 4 is 5.78 Å². The fourth-order valence-corrected chi connectivity index (χ4v) is 4.59. The van der Waals surface area contributed by atoms with Crippen LogP contribution in [0.25, 0.3) is 11.3 Å². The van der Waals surface area contributed by atoms with E-state index in [1.54, 1.807) is 13.3 Å². The summed E-state index contributed by atoms with van der Waals surface area (Å²) in [5.41, 5.74) is 4.61. The van der Waals surface area contributed by atoms with E-state index in [0.717, 1.165) is 46.1 Å². The number of benzene rings is 2. The quantitative estimate of drug-likeness (QED) is 0.371. The van der Waals surface area contributed by atoms with Gasteiger partial charge in [0.15, 0.2) is 0 Å². The van der Waals surface area contributed by atoms with Crippen LogP contribution in [0.3, 0.4) is 0 Å². The van der Waals surface area contributed by atoms with Crippen LogP contribution in [0.15, 0.2) is 54.7 Å². The summed E-state index contributed by atoms with van der Waals surface area (Å²) < 4.78 is 11.0. The Morgan fingerprint density at radius 2 is 1.62 bits per heavy atom. The predicted octanol–water partition coefficient (Wildman–Crippen LogP) is 6.03. The third-order valence-electron chi connectivity index (χ3n) is 6.33. The van der Waals surface area contributed by atoms with Crippen molar-refractivity contribution in [1.82, 2.24) is 9.97 Å². The molecule has 0 radical (unpaired) electrons. The van der Waals surface area contributed by atoms with Gasteiger partial charge in [-0.25, -0.2) is 4.98 Å². The van der Waals surface area contributed by atoms with Gasteiger partial charge in [-0.2, -0.15) is 0 Å². The van der Waals surface area contributed by atoms with Crippen LogP contribution < -0.4 is 9.47 Å². The van der Waals surface area contributed by atoms with Crippen LogP contribution in [-0.2, 0) is 24.1 Å². The first kappa shape index (κ1) is 23.9. The second-order valence-corrected chi connectivity index (χ2v) is 9.43. The molecule has 1 aliphatic carbocycles. The van der Waals surface area contributed by atoms with Gasteiger partial charge in [0.1, 0.15) is 17.3 Å². The number of ketones is 1. The molecule has 1 aliphatic rings. The lowest BCUT2D eigenvalue weighted by molar-refractivity contribution is -0.117. The Morgan fingerprint density at radius 3 is 2.26 bits per heavy atom. The van der Waals surface area contributed by atoms with E-state index in [1.807, 2.05) is 62.4 Å². The van der Waals surface area contributed by atoms with Crippen molar-refractivity contribution in [3.63, 3.8) is 0 Å². The van der Waals surface area contributed by atoms with Crippen molar-refractivity contribution in [2.24, 2.45) is 5.92 Å². The number of rotatable bonds is 10.